The van der Waals surface area contributed by atoms with Crippen molar-refractivity contribution in [1.82, 2.24) is 14.8 Å². The molecule has 0 bridgehead atoms. The number of aromatic nitrogens is 3. The molecule has 0 saturated carbocycles. The number of nitrogens with zero attached hydrogens (tertiary/aromatic N) is 3. The molecular formula is C20H20BrN3O2S. The summed E-state index contributed by atoms with van der Waals surface area (Å²) in [6.45, 7) is 5.12. The molecule has 0 unspecified atom stereocenters. The minimum Gasteiger partial charge on any atom is -0.486 e. The Bertz CT molecular complexity index is 908. The summed E-state index contributed by atoms with van der Waals surface area (Å²) < 4.78 is 8.74. The summed E-state index contributed by atoms with van der Waals surface area (Å²) in [6.07, 6.45) is 0. The molecule has 5 nitrogen and oxygen atoms in total. The van der Waals surface area contributed by atoms with Gasteiger partial charge in [0.05, 0.1) is 5.75 Å². The Balaban J connectivity index is 1.62. The summed E-state index contributed by atoms with van der Waals surface area (Å²) in [5.74, 6) is 1.93. The van der Waals surface area contributed by atoms with Crippen LogP contribution in [0.15, 0.2) is 58.2 Å². The number of hydrogen-bond donors (Lipinski definition) is 0. The van der Waals surface area contributed by atoms with Gasteiger partial charge >= 0.3 is 0 Å². The Kier molecular flexibility index (Phi) is 6.68. The zero-order valence-electron chi connectivity index (χ0n) is 15.2. The van der Waals surface area contributed by atoms with Gasteiger partial charge in [0, 0.05) is 16.6 Å². The zero-order valence-corrected chi connectivity index (χ0v) is 17.6. The highest BCUT2D eigenvalue weighted by Crippen LogP contribution is 2.21. The molecule has 0 fully saturated rings. The fourth-order valence-corrected chi connectivity index (χ4v) is 3.66. The van der Waals surface area contributed by atoms with Gasteiger partial charge in [-0.3, -0.25) is 4.79 Å². The van der Waals surface area contributed by atoms with Gasteiger partial charge in [0.2, 0.25) is 0 Å². The molecule has 0 amide bonds. The molecule has 0 aliphatic rings. The normalized spacial score (nSPS) is 10.8. The quantitative estimate of drug-likeness (QED) is 0.363. The monoisotopic (exact) mass is 445 g/mol. The average molecular weight is 446 g/mol. The number of carbonyl (C=O) groups is 1. The lowest BCUT2D eigenvalue weighted by molar-refractivity contribution is 0.102. The van der Waals surface area contributed by atoms with Gasteiger partial charge in [-0.1, -0.05) is 57.5 Å². The third-order valence-corrected chi connectivity index (χ3v) is 5.49. The van der Waals surface area contributed by atoms with Crippen LogP contribution in [0, 0.1) is 6.92 Å². The number of hydrogen-bond acceptors (Lipinski definition) is 5. The van der Waals surface area contributed by atoms with Crippen molar-refractivity contribution in [3.8, 4) is 5.75 Å². The molecule has 0 N–H and O–H groups in total. The van der Waals surface area contributed by atoms with E-state index in [1.165, 1.54) is 17.3 Å². The highest BCUT2D eigenvalue weighted by Gasteiger charge is 2.14. The van der Waals surface area contributed by atoms with Crippen LogP contribution in [0.3, 0.4) is 0 Å². The fourth-order valence-electron chi connectivity index (χ4n) is 2.48. The lowest BCUT2D eigenvalue weighted by Crippen LogP contribution is -2.08. The van der Waals surface area contributed by atoms with Crippen LogP contribution in [-0.2, 0) is 13.2 Å². The number of rotatable bonds is 8. The Labute approximate surface area is 171 Å². The predicted octanol–water partition coefficient (Wildman–Crippen LogP) is 4.92. The second-order valence-electron chi connectivity index (χ2n) is 5.96. The number of thioether (sulfide) groups is 1. The van der Waals surface area contributed by atoms with E-state index >= 15 is 0 Å². The summed E-state index contributed by atoms with van der Waals surface area (Å²) in [7, 11) is 0. The second-order valence-corrected chi connectivity index (χ2v) is 7.82. The van der Waals surface area contributed by atoms with Crippen LogP contribution >= 0.6 is 27.7 Å². The van der Waals surface area contributed by atoms with Gasteiger partial charge in [0.25, 0.3) is 0 Å². The summed E-state index contributed by atoms with van der Waals surface area (Å²) in [5, 5.41) is 9.19. The van der Waals surface area contributed by atoms with Gasteiger partial charge in [0.15, 0.2) is 16.8 Å². The molecule has 1 aromatic heterocycles. The molecule has 0 aliphatic heterocycles. The number of aryl methyl sites for hydroxylation is 1. The number of Topliss-reactive ketones (excluding diaryl/α,β-unsaturated/α-hetero) is 1. The van der Waals surface area contributed by atoms with Crippen LogP contribution in [0.4, 0.5) is 0 Å². The van der Waals surface area contributed by atoms with Gasteiger partial charge in [0.1, 0.15) is 12.4 Å². The largest absolute Gasteiger partial charge is 0.486 e. The van der Waals surface area contributed by atoms with E-state index in [1.54, 1.807) is 0 Å². The minimum atomic E-state index is 0.0654. The van der Waals surface area contributed by atoms with Crippen LogP contribution in [0.2, 0.25) is 0 Å². The third-order valence-electron chi connectivity index (χ3n) is 4.00. The molecule has 0 atom stereocenters. The topological polar surface area (TPSA) is 57.0 Å². The smallest absolute Gasteiger partial charge is 0.191 e. The molecule has 1 heterocycles. The van der Waals surface area contributed by atoms with Crippen molar-refractivity contribution in [2.24, 2.45) is 0 Å². The maximum atomic E-state index is 12.4. The number of ketones is 1. The maximum absolute atomic E-state index is 12.4. The van der Waals surface area contributed by atoms with E-state index in [0.717, 1.165) is 21.2 Å². The van der Waals surface area contributed by atoms with Crippen LogP contribution in [-0.4, -0.2) is 26.3 Å². The Morgan fingerprint density at radius 3 is 2.48 bits per heavy atom. The molecule has 0 saturated heterocycles. The van der Waals surface area contributed by atoms with Gasteiger partial charge in [-0.15, -0.1) is 10.2 Å². The standard InChI is InChI=1S/C20H20BrN3O2S/c1-3-24-19(12-26-17-10-4-14(2)5-11-17)22-23-20(24)27-13-18(25)15-6-8-16(21)9-7-15/h4-11H,3,12-13H2,1-2H3. The molecule has 2 aromatic carbocycles. The Morgan fingerprint density at radius 2 is 1.81 bits per heavy atom. The van der Waals surface area contributed by atoms with E-state index in [-0.39, 0.29) is 5.78 Å². The molecular weight excluding hydrogens is 426 g/mol. The number of halogens is 1. The summed E-state index contributed by atoms with van der Waals surface area (Å²) >= 11 is 4.77. The van der Waals surface area contributed by atoms with Crippen molar-refractivity contribution < 1.29 is 9.53 Å². The van der Waals surface area contributed by atoms with Gasteiger partial charge < -0.3 is 9.30 Å². The van der Waals surface area contributed by atoms with Crippen LogP contribution in [0.1, 0.15) is 28.7 Å². The number of ether oxygens (including phenoxy) is 1. The first-order chi connectivity index (χ1) is 13.1. The molecule has 7 heteroatoms. The van der Waals surface area contributed by atoms with Crippen LogP contribution in [0.5, 0.6) is 5.75 Å². The lowest BCUT2D eigenvalue weighted by Gasteiger charge is -2.09. The van der Waals surface area contributed by atoms with E-state index in [9.17, 15) is 4.79 Å². The van der Waals surface area contributed by atoms with E-state index in [1.807, 2.05) is 66.9 Å². The minimum absolute atomic E-state index is 0.0654. The van der Waals surface area contributed by atoms with Crippen molar-refractivity contribution in [3.05, 3.63) is 70.0 Å². The molecule has 27 heavy (non-hydrogen) atoms. The van der Waals surface area contributed by atoms with Gasteiger partial charge in [-0.25, -0.2) is 0 Å². The molecule has 0 aliphatic carbocycles. The van der Waals surface area contributed by atoms with Crippen molar-refractivity contribution >= 4 is 33.5 Å². The van der Waals surface area contributed by atoms with Gasteiger partial charge in [-0.05, 0) is 38.1 Å². The van der Waals surface area contributed by atoms with Crippen molar-refractivity contribution in [2.75, 3.05) is 5.75 Å². The SMILES string of the molecule is CCn1c(COc2ccc(C)cc2)nnc1SCC(=O)c1ccc(Br)cc1. The molecule has 3 aromatic rings. The first-order valence-electron chi connectivity index (χ1n) is 8.60. The third kappa shape index (κ3) is 5.20. The summed E-state index contributed by atoms with van der Waals surface area (Å²) in [5.41, 5.74) is 1.88. The zero-order chi connectivity index (χ0) is 19.2. The van der Waals surface area contributed by atoms with E-state index in [0.29, 0.717) is 24.5 Å². The second kappa shape index (κ2) is 9.19. The van der Waals surface area contributed by atoms with Crippen molar-refractivity contribution in [1.29, 1.82) is 0 Å². The van der Waals surface area contributed by atoms with Crippen molar-refractivity contribution in [2.45, 2.75) is 32.2 Å². The first kappa shape index (κ1) is 19.6. The average Bonchev–Trinajstić information content (AvgIpc) is 3.08. The number of carbonyl (C=O) groups excluding carboxylic acids is 1. The predicted molar refractivity (Wildman–Crippen MR) is 110 cm³/mol. The molecule has 3 rings (SSSR count). The summed E-state index contributed by atoms with van der Waals surface area (Å²) in [6, 6.07) is 15.3. The lowest BCUT2D eigenvalue weighted by atomic mass is 10.2. The van der Waals surface area contributed by atoms with E-state index < -0.39 is 0 Å². The van der Waals surface area contributed by atoms with Gasteiger partial charge in [-0.2, -0.15) is 0 Å². The Hall–Kier alpha value is -2.12. The Morgan fingerprint density at radius 1 is 1.11 bits per heavy atom. The highest BCUT2D eigenvalue weighted by atomic mass is 79.9. The first-order valence-corrected chi connectivity index (χ1v) is 10.4. The fraction of sp³-hybridized carbons (Fsp3) is 0.250. The number of benzene rings is 2. The van der Waals surface area contributed by atoms with Crippen LogP contribution in [0.25, 0.3) is 0 Å². The van der Waals surface area contributed by atoms with E-state index in [2.05, 4.69) is 26.1 Å². The molecule has 0 spiro atoms. The highest BCUT2D eigenvalue weighted by molar-refractivity contribution is 9.10. The maximum Gasteiger partial charge on any atom is 0.191 e. The summed E-state index contributed by atoms with van der Waals surface area (Å²) in [4.78, 5) is 12.4. The molecule has 140 valence electrons. The molecule has 0 radical (unpaired) electrons. The van der Waals surface area contributed by atoms with Crippen LogP contribution < -0.4 is 4.74 Å². The van der Waals surface area contributed by atoms with Crippen molar-refractivity contribution in [3.63, 3.8) is 0 Å². The van der Waals surface area contributed by atoms with E-state index in [4.69, 9.17) is 4.74 Å².